The summed E-state index contributed by atoms with van der Waals surface area (Å²) < 4.78 is 24.1. The van der Waals surface area contributed by atoms with Gasteiger partial charge >= 0.3 is 0 Å². The van der Waals surface area contributed by atoms with E-state index in [1.165, 1.54) is 12.4 Å². The SMILES string of the molecule is Cc1nnc(-c2ccccc2F)c2nc(OCc3ncnn3C)c(-c3ccccc3)n12. The fourth-order valence-electron chi connectivity index (χ4n) is 3.45. The molecule has 0 aliphatic rings. The first-order valence-corrected chi connectivity index (χ1v) is 9.65. The van der Waals surface area contributed by atoms with Gasteiger partial charge in [0.1, 0.15) is 36.0 Å². The Morgan fingerprint density at radius 1 is 1.00 bits per heavy atom. The monoisotopic (exact) mass is 415 g/mol. The molecule has 3 heterocycles. The Balaban J connectivity index is 1.73. The van der Waals surface area contributed by atoms with Gasteiger partial charge < -0.3 is 4.74 Å². The van der Waals surface area contributed by atoms with Crippen molar-refractivity contribution < 1.29 is 9.13 Å². The molecular formula is C22H18FN7O. The van der Waals surface area contributed by atoms with Gasteiger partial charge in [0, 0.05) is 18.2 Å². The van der Waals surface area contributed by atoms with Crippen LogP contribution < -0.4 is 4.74 Å². The second kappa shape index (κ2) is 7.60. The Labute approximate surface area is 177 Å². The number of imidazole rings is 1. The zero-order valence-corrected chi connectivity index (χ0v) is 16.9. The van der Waals surface area contributed by atoms with Crippen molar-refractivity contribution in [1.29, 1.82) is 0 Å². The van der Waals surface area contributed by atoms with Crippen LogP contribution in [0.3, 0.4) is 0 Å². The maximum atomic E-state index is 14.6. The third-order valence-electron chi connectivity index (χ3n) is 4.99. The molecule has 0 aliphatic carbocycles. The summed E-state index contributed by atoms with van der Waals surface area (Å²) in [4.78, 5) is 8.91. The van der Waals surface area contributed by atoms with Gasteiger partial charge in [0.05, 0.1) is 0 Å². The average Bonchev–Trinajstić information content (AvgIpc) is 3.37. The minimum Gasteiger partial charge on any atom is -0.468 e. The van der Waals surface area contributed by atoms with Crippen molar-refractivity contribution in [2.45, 2.75) is 13.5 Å². The number of nitrogens with zero attached hydrogens (tertiary/aromatic N) is 7. The number of benzene rings is 2. The van der Waals surface area contributed by atoms with Crippen LogP contribution in [0.15, 0.2) is 60.9 Å². The molecule has 0 saturated heterocycles. The van der Waals surface area contributed by atoms with Gasteiger partial charge in [-0.15, -0.1) is 10.2 Å². The number of hydrogen-bond acceptors (Lipinski definition) is 6. The van der Waals surface area contributed by atoms with Crippen molar-refractivity contribution >= 4 is 5.65 Å². The van der Waals surface area contributed by atoms with Crippen molar-refractivity contribution in [2.75, 3.05) is 0 Å². The van der Waals surface area contributed by atoms with Crippen LogP contribution in [0.5, 0.6) is 5.88 Å². The number of halogens is 1. The zero-order chi connectivity index (χ0) is 21.4. The Hall–Kier alpha value is -4.14. The molecule has 9 heteroatoms. The Morgan fingerprint density at radius 3 is 2.52 bits per heavy atom. The van der Waals surface area contributed by atoms with Crippen LogP contribution >= 0.6 is 0 Å². The van der Waals surface area contributed by atoms with E-state index in [4.69, 9.17) is 9.72 Å². The third-order valence-corrected chi connectivity index (χ3v) is 4.99. The van der Waals surface area contributed by atoms with Crippen LogP contribution in [-0.2, 0) is 13.7 Å². The molecule has 2 aromatic carbocycles. The highest BCUT2D eigenvalue weighted by molar-refractivity contribution is 5.79. The molecule has 0 unspecified atom stereocenters. The molecule has 31 heavy (non-hydrogen) atoms. The molecule has 0 fully saturated rings. The van der Waals surface area contributed by atoms with E-state index in [-0.39, 0.29) is 6.61 Å². The number of fused-ring (bicyclic) bond motifs is 1. The van der Waals surface area contributed by atoms with Gasteiger partial charge in [-0.25, -0.2) is 9.37 Å². The lowest BCUT2D eigenvalue weighted by molar-refractivity contribution is 0.281. The maximum absolute atomic E-state index is 14.6. The Morgan fingerprint density at radius 2 is 1.77 bits per heavy atom. The summed E-state index contributed by atoms with van der Waals surface area (Å²) >= 11 is 0. The molecule has 0 amide bonds. The Bertz CT molecular complexity index is 1380. The summed E-state index contributed by atoms with van der Waals surface area (Å²) in [6, 6.07) is 16.2. The number of aromatic nitrogens is 7. The van der Waals surface area contributed by atoms with E-state index in [0.29, 0.717) is 40.1 Å². The minimum atomic E-state index is -0.395. The predicted octanol–water partition coefficient (Wildman–Crippen LogP) is 3.61. The van der Waals surface area contributed by atoms with Gasteiger partial charge in [-0.1, -0.05) is 42.5 Å². The van der Waals surface area contributed by atoms with Crippen molar-refractivity contribution in [3.05, 3.63) is 78.4 Å². The van der Waals surface area contributed by atoms with E-state index in [0.717, 1.165) is 5.56 Å². The quantitative estimate of drug-likeness (QED) is 0.436. The fraction of sp³-hybridized carbons (Fsp3) is 0.136. The normalized spacial score (nSPS) is 11.2. The summed E-state index contributed by atoms with van der Waals surface area (Å²) in [6.45, 7) is 2.00. The van der Waals surface area contributed by atoms with Crippen LogP contribution in [0.25, 0.3) is 28.2 Å². The van der Waals surface area contributed by atoms with Crippen LogP contribution in [0.1, 0.15) is 11.6 Å². The smallest absolute Gasteiger partial charge is 0.241 e. The van der Waals surface area contributed by atoms with Crippen LogP contribution in [0.4, 0.5) is 4.39 Å². The zero-order valence-electron chi connectivity index (χ0n) is 16.9. The van der Waals surface area contributed by atoms with Gasteiger partial charge in [0.15, 0.2) is 11.5 Å². The molecule has 0 aliphatic heterocycles. The van der Waals surface area contributed by atoms with Gasteiger partial charge in [0.25, 0.3) is 0 Å². The van der Waals surface area contributed by atoms with E-state index < -0.39 is 5.82 Å². The molecule has 0 spiro atoms. The van der Waals surface area contributed by atoms with Crippen LogP contribution in [0.2, 0.25) is 0 Å². The highest BCUT2D eigenvalue weighted by atomic mass is 19.1. The van der Waals surface area contributed by atoms with Gasteiger partial charge in [-0.05, 0) is 19.1 Å². The largest absolute Gasteiger partial charge is 0.468 e. The molecular weight excluding hydrogens is 397 g/mol. The van der Waals surface area contributed by atoms with Crippen molar-refractivity contribution in [3.8, 4) is 28.4 Å². The molecule has 8 nitrogen and oxygen atoms in total. The molecule has 0 saturated carbocycles. The number of ether oxygens (including phenoxy) is 1. The predicted molar refractivity (Wildman–Crippen MR) is 112 cm³/mol. The lowest BCUT2D eigenvalue weighted by atomic mass is 10.1. The van der Waals surface area contributed by atoms with Gasteiger partial charge in [-0.3, -0.25) is 9.08 Å². The first-order chi connectivity index (χ1) is 15.1. The highest BCUT2D eigenvalue weighted by Gasteiger charge is 2.23. The van der Waals surface area contributed by atoms with Crippen LogP contribution in [0, 0.1) is 12.7 Å². The van der Waals surface area contributed by atoms with Gasteiger partial charge in [-0.2, -0.15) is 10.1 Å². The van der Waals surface area contributed by atoms with Crippen molar-refractivity contribution in [2.24, 2.45) is 7.05 Å². The summed E-state index contributed by atoms with van der Waals surface area (Å²) in [5.41, 5.74) is 2.73. The maximum Gasteiger partial charge on any atom is 0.241 e. The van der Waals surface area contributed by atoms with E-state index in [1.54, 1.807) is 29.9 Å². The van der Waals surface area contributed by atoms with E-state index >= 15 is 0 Å². The third kappa shape index (κ3) is 3.29. The topological polar surface area (TPSA) is 83.0 Å². The fourth-order valence-corrected chi connectivity index (χ4v) is 3.45. The first-order valence-electron chi connectivity index (χ1n) is 9.65. The molecule has 154 valence electrons. The first kappa shape index (κ1) is 18.9. The summed E-state index contributed by atoms with van der Waals surface area (Å²) in [5.74, 6) is 1.24. The van der Waals surface area contributed by atoms with Crippen LogP contribution in [-0.4, -0.2) is 34.3 Å². The average molecular weight is 415 g/mol. The number of hydrogen-bond donors (Lipinski definition) is 0. The minimum absolute atomic E-state index is 0.176. The second-order valence-corrected chi connectivity index (χ2v) is 6.95. The molecule has 0 atom stereocenters. The summed E-state index contributed by atoms with van der Waals surface area (Å²) in [5, 5.41) is 12.6. The van der Waals surface area contributed by atoms with Crippen molar-refractivity contribution in [3.63, 3.8) is 0 Å². The molecule has 0 N–H and O–H groups in total. The summed E-state index contributed by atoms with van der Waals surface area (Å²) in [6.07, 6.45) is 1.47. The summed E-state index contributed by atoms with van der Waals surface area (Å²) in [7, 11) is 1.79. The van der Waals surface area contributed by atoms with E-state index in [9.17, 15) is 4.39 Å². The molecule has 0 radical (unpaired) electrons. The number of aryl methyl sites for hydroxylation is 2. The van der Waals surface area contributed by atoms with E-state index in [2.05, 4.69) is 20.3 Å². The molecule has 3 aromatic heterocycles. The lowest BCUT2D eigenvalue weighted by Crippen LogP contribution is -2.05. The lowest BCUT2D eigenvalue weighted by Gasteiger charge is -2.09. The Kier molecular flexibility index (Phi) is 4.62. The standard InChI is InChI=1S/C22H18FN7O/c1-14-27-28-19(16-10-6-7-11-17(16)23)21-26-22(31-12-18-24-13-25-29(18)2)20(30(14)21)15-8-4-3-5-9-15/h3-11,13H,12H2,1-2H3. The molecule has 5 rings (SSSR count). The number of rotatable bonds is 5. The highest BCUT2D eigenvalue weighted by Crippen LogP contribution is 2.35. The molecule has 0 bridgehead atoms. The van der Waals surface area contributed by atoms with E-state index in [1.807, 2.05) is 41.7 Å². The second-order valence-electron chi connectivity index (χ2n) is 6.95. The molecule has 5 aromatic rings. The van der Waals surface area contributed by atoms with Gasteiger partial charge in [0.2, 0.25) is 5.88 Å². The van der Waals surface area contributed by atoms with Crippen molar-refractivity contribution in [1.82, 2.24) is 34.3 Å².